The zero-order valence-electron chi connectivity index (χ0n) is 3.96. The van der Waals surface area contributed by atoms with Gasteiger partial charge in [-0.25, -0.2) is 4.79 Å². The van der Waals surface area contributed by atoms with Gasteiger partial charge in [-0.2, -0.15) is 4.99 Å². The zero-order valence-corrected chi connectivity index (χ0v) is 3.96. The van der Waals surface area contributed by atoms with Crippen molar-refractivity contribution in [2.24, 2.45) is 15.7 Å². The second-order valence-corrected chi connectivity index (χ2v) is 1.20. The van der Waals surface area contributed by atoms with E-state index in [9.17, 15) is 4.79 Å². The van der Waals surface area contributed by atoms with E-state index in [0.29, 0.717) is 0 Å². The van der Waals surface area contributed by atoms with Crippen LogP contribution in [0.25, 0.3) is 0 Å². The summed E-state index contributed by atoms with van der Waals surface area (Å²) >= 11 is 0. The summed E-state index contributed by atoms with van der Waals surface area (Å²) in [6.45, 7) is 0. The molecule has 0 aliphatic carbocycles. The highest BCUT2D eigenvalue weighted by atomic mass is 16.2. The number of carbonyl (C=O) groups is 1. The van der Waals surface area contributed by atoms with Crippen molar-refractivity contribution < 1.29 is 4.79 Å². The smallest absolute Gasteiger partial charge is 0.377 e. The number of nitrogens with two attached hydrogens (primary N) is 1. The van der Waals surface area contributed by atoms with Gasteiger partial charge >= 0.3 is 6.03 Å². The highest BCUT2D eigenvalue weighted by Crippen LogP contribution is 1.84. The second kappa shape index (κ2) is 1.60. The molecule has 0 saturated carbocycles. The molecule has 2 amide bonds. The first kappa shape index (κ1) is 4.74. The van der Waals surface area contributed by atoms with Gasteiger partial charge in [-0.05, 0) is 5.87 Å². The Bertz CT molecular complexity index is 209. The van der Waals surface area contributed by atoms with E-state index in [1.807, 2.05) is 0 Å². The van der Waals surface area contributed by atoms with Crippen LogP contribution >= 0.6 is 0 Å². The quantitative estimate of drug-likeness (QED) is 0.464. The predicted molar refractivity (Wildman–Crippen MR) is 29.0 cm³/mol. The number of hydrogen-bond donors (Lipinski definition) is 1. The number of hydrogen-bond acceptors (Lipinski definition) is 2. The van der Waals surface area contributed by atoms with E-state index >= 15 is 0 Å². The van der Waals surface area contributed by atoms with Crippen LogP contribution in [-0.4, -0.2) is 17.7 Å². The summed E-state index contributed by atoms with van der Waals surface area (Å²) in [4.78, 5) is 16.6. The molecule has 0 radical (unpaired) electrons. The lowest BCUT2D eigenvalue weighted by Crippen LogP contribution is -2.12. The van der Waals surface area contributed by atoms with E-state index < -0.39 is 6.03 Å². The van der Waals surface area contributed by atoms with Gasteiger partial charge in [-0.15, -0.1) is 4.99 Å². The third-order valence-corrected chi connectivity index (χ3v) is 0.597. The van der Waals surface area contributed by atoms with Crippen molar-refractivity contribution in [3.05, 3.63) is 6.08 Å². The second-order valence-electron chi connectivity index (χ2n) is 1.20. The average molecular weight is 109 g/mol. The van der Waals surface area contributed by atoms with E-state index in [1.54, 1.807) is 0 Å². The largest absolute Gasteiger partial charge is 0.383 e. The topological polar surface area (TPSA) is 67.8 Å². The number of carbonyl (C=O) groups excluding carboxylic acids is 1. The standard InChI is InChI=1S/C4H3N3O/c5-3-1-2-6-4(8)7-3/h1H,(H2,5,7,8). The van der Waals surface area contributed by atoms with Crippen LogP contribution < -0.4 is 5.73 Å². The summed E-state index contributed by atoms with van der Waals surface area (Å²) in [6.07, 6.45) is 1.33. The summed E-state index contributed by atoms with van der Waals surface area (Å²) in [6, 6.07) is -0.593. The summed E-state index contributed by atoms with van der Waals surface area (Å²) in [5.74, 6) is 2.44. The highest BCUT2D eigenvalue weighted by molar-refractivity contribution is 6.08. The monoisotopic (exact) mass is 109 g/mol. The predicted octanol–water partition coefficient (Wildman–Crippen LogP) is -0.297. The Morgan fingerprint density at radius 3 is 2.88 bits per heavy atom. The molecule has 2 N–H and O–H groups in total. The fourth-order valence-electron chi connectivity index (χ4n) is 0.321. The van der Waals surface area contributed by atoms with Gasteiger partial charge in [0.25, 0.3) is 0 Å². The molecule has 0 unspecified atom stereocenters. The maximum Gasteiger partial charge on any atom is 0.377 e. The van der Waals surface area contributed by atoms with Crippen molar-refractivity contribution in [1.82, 2.24) is 0 Å². The molecule has 0 bridgehead atoms. The molecule has 0 fully saturated rings. The molecular weight excluding hydrogens is 106 g/mol. The van der Waals surface area contributed by atoms with Gasteiger partial charge in [0.05, 0.1) is 0 Å². The average Bonchev–Trinajstić information content (AvgIpc) is 1.64. The number of rotatable bonds is 0. The summed E-state index contributed by atoms with van der Waals surface area (Å²) in [5.41, 5.74) is 5.08. The van der Waals surface area contributed by atoms with E-state index in [2.05, 4.69) is 15.9 Å². The van der Waals surface area contributed by atoms with Crippen molar-refractivity contribution >= 4 is 17.7 Å². The molecular formula is C4H3N3O. The Kier molecular flexibility index (Phi) is 0.946. The maximum atomic E-state index is 10.2. The SMILES string of the molecule is NC1=NC(=O)N=C=C1. The first-order valence-electron chi connectivity index (χ1n) is 1.96. The number of amides is 2. The van der Waals surface area contributed by atoms with Gasteiger partial charge in [0.15, 0.2) is 0 Å². The molecule has 8 heavy (non-hydrogen) atoms. The van der Waals surface area contributed by atoms with Crippen LogP contribution in [0.3, 0.4) is 0 Å². The highest BCUT2D eigenvalue weighted by Gasteiger charge is 1.96. The van der Waals surface area contributed by atoms with Gasteiger partial charge in [0.1, 0.15) is 5.84 Å². The first-order chi connectivity index (χ1) is 3.79. The molecule has 4 nitrogen and oxygen atoms in total. The number of urea groups is 1. The molecule has 40 valence electrons. The van der Waals surface area contributed by atoms with Gasteiger partial charge in [-0.1, -0.05) is 0 Å². The minimum absolute atomic E-state index is 0.157. The normalized spacial score (nSPS) is 16.5. The van der Waals surface area contributed by atoms with Crippen LogP contribution in [0, 0.1) is 0 Å². The summed E-state index contributed by atoms with van der Waals surface area (Å²) in [7, 11) is 0. The molecule has 0 spiro atoms. The number of amidine groups is 1. The molecule has 1 rings (SSSR count). The fourth-order valence-corrected chi connectivity index (χ4v) is 0.321. The molecule has 0 atom stereocenters. The Morgan fingerprint density at radius 1 is 1.75 bits per heavy atom. The van der Waals surface area contributed by atoms with Gasteiger partial charge in [0, 0.05) is 6.08 Å². The Balaban J connectivity index is 3.03. The van der Waals surface area contributed by atoms with E-state index in [0.717, 1.165) is 0 Å². The van der Waals surface area contributed by atoms with Crippen LogP contribution in [0.4, 0.5) is 4.79 Å². The van der Waals surface area contributed by atoms with Gasteiger partial charge in [0.2, 0.25) is 0 Å². The minimum atomic E-state index is -0.593. The van der Waals surface area contributed by atoms with Crippen LogP contribution in [0.15, 0.2) is 16.1 Å². The van der Waals surface area contributed by atoms with Crippen LogP contribution in [0.2, 0.25) is 0 Å². The lowest BCUT2D eigenvalue weighted by Gasteiger charge is -1.87. The summed E-state index contributed by atoms with van der Waals surface area (Å²) < 4.78 is 0. The van der Waals surface area contributed by atoms with Crippen molar-refractivity contribution in [3.63, 3.8) is 0 Å². The van der Waals surface area contributed by atoms with Crippen molar-refractivity contribution in [1.29, 1.82) is 0 Å². The number of aliphatic imine (C=N–C) groups is 2. The molecule has 1 heterocycles. The van der Waals surface area contributed by atoms with Crippen LogP contribution in [0.5, 0.6) is 0 Å². The summed E-state index contributed by atoms with van der Waals surface area (Å²) in [5, 5.41) is 0. The van der Waals surface area contributed by atoms with Crippen molar-refractivity contribution in [2.45, 2.75) is 0 Å². The molecule has 4 heteroatoms. The maximum absolute atomic E-state index is 10.2. The molecule has 0 aromatic rings. The lowest BCUT2D eigenvalue weighted by molar-refractivity contribution is 0.257. The Hall–Kier alpha value is -1.41. The van der Waals surface area contributed by atoms with E-state index in [4.69, 9.17) is 5.73 Å². The molecule has 0 aromatic carbocycles. The van der Waals surface area contributed by atoms with Gasteiger partial charge < -0.3 is 5.73 Å². The molecule has 0 aromatic heterocycles. The van der Waals surface area contributed by atoms with Crippen LogP contribution in [0.1, 0.15) is 0 Å². The number of nitrogens with zero attached hydrogens (tertiary/aromatic N) is 2. The van der Waals surface area contributed by atoms with Crippen LogP contribution in [-0.2, 0) is 0 Å². The molecule has 1 aliphatic heterocycles. The zero-order chi connectivity index (χ0) is 5.98. The minimum Gasteiger partial charge on any atom is -0.383 e. The molecule has 0 saturated heterocycles. The Labute approximate surface area is 45.4 Å². The lowest BCUT2D eigenvalue weighted by atomic mass is 10.5. The van der Waals surface area contributed by atoms with E-state index in [1.165, 1.54) is 6.08 Å². The van der Waals surface area contributed by atoms with E-state index in [-0.39, 0.29) is 5.84 Å². The van der Waals surface area contributed by atoms with Crippen molar-refractivity contribution in [3.8, 4) is 0 Å². The fraction of sp³-hybridized carbons (Fsp3) is 0. The molecule has 1 aliphatic rings. The van der Waals surface area contributed by atoms with Gasteiger partial charge in [-0.3, -0.25) is 0 Å². The van der Waals surface area contributed by atoms with Crippen molar-refractivity contribution in [2.75, 3.05) is 0 Å². The third-order valence-electron chi connectivity index (χ3n) is 0.597. The first-order valence-corrected chi connectivity index (χ1v) is 1.96. The third kappa shape index (κ3) is 0.802. The Morgan fingerprint density at radius 2 is 2.50 bits per heavy atom.